The van der Waals surface area contributed by atoms with E-state index >= 15 is 0 Å². The van der Waals surface area contributed by atoms with Crippen molar-refractivity contribution in [2.24, 2.45) is 4.99 Å². The van der Waals surface area contributed by atoms with Crippen molar-refractivity contribution >= 4 is 51.6 Å². The molecule has 2 rings (SSSR count). The van der Waals surface area contributed by atoms with Crippen molar-refractivity contribution in [3.8, 4) is 0 Å². The summed E-state index contributed by atoms with van der Waals surface area (Å²) in [6.07, 6.45) is 0.893. The normalized spacial score (nSPS) is 11.8. The zero-order chi connectivity index (χ0) is 20.6. The molecule has 0 atom stereocenters. The smallest absolute Gasteiger partial charge is 0.240 e. The monoisotopic (exact) mass is 554 g/mol. The minimum absolute atomic E-state index is 0. The maximum atomic E-state index is 12.2. The van der Waals surface area contributed by atoms with Gasteiger partial charge in [-0.3, -0.25) is 9.67 Å². The van der Waals surface area contributed by atoms with E-state index in [0.29, 0.717) is 17.5 Å². The van der Waals surface area contributed by atoms with Crippen molar-refractivity contribution in [2.75, 3.05) is 26.7 Å². The predicted octanol–water partition coefficient (Wildman–Crippen LogP) is 2.30. The molecule has 0 aliphatic rings. The topological polar surface area (TPSA) is 100 Å². The zero-order valence-corrected chi connectivity index (χ0v) is 20.7. The SMILES string of the molecule is CN=C(NCCCn1nc(C)cc1C)NCCNS(=O)(=O)c1cccc(Cl)c1.I. The number of aliphatic imine (C=N–C) groups is 1. The van der Waals surface area contributed by atoms with Crippen molar-refractivity contribution in [3.05, 3.63) is 46.7 Å². The Morgan fingerprint density at radius 2 is 1.90 bits per heavy atom. The number of rotatable bonds is 9. The Kier molecular flexibility index (Phi) is 10.9. The number of benzene rings is 1. The second-order valence-electron chi connectivity index (χ2n) is 6.28. The van der Waals surface area contributed by atoms with Gasteiger partial charge in [-0.2, -0.15) is 5.10 Å². The van der Waals surface area contributed by atoms with Crippen LogP contribution in [0.15, 0.2) is 40.2 Å². The van der Waals surface area contributed by atoms with Crippen LogP contribution in [0.1, 0.15) is 17.8 Å². The fraction of sp³-hybridized carbons (Fsp3) is 0.444. The van der Waals surface area contributed by atoms with E-state index in [0.717, 1.165) is 30.9 Å². The summed E-state index contributed by atoms with van der Waals surface area (Å²) in [4.78, 5) is 4.28. The highest BCUT2D eigenvalue weighted by Crippen LogP contribution is 2.14. The summed E-state index contributed by atoms with van der Waals surface area (Å²) in [5.74, 6) is 0.621. The zero-order valence-electron chi connectivity index (χ0n) is 16.8. The summed E-state index contributed by atoms with van der Waals surface area (Å²) in [6.45, 7) is 6.19. The number of halogens is 2. The minimum Gasteiger partial charge on any atom is -0.356 e. The van der Waals surface area contributed by atoms with Crippen LogP contribution >= 0.6 is 35.6 Å². The number of hydrogen-bond donors (Lipinski definition) is 3. The Balaban J connectivity index is 0.00000420. The lowest BCUT2D eigenvalue weighted by atomic mass is 10.4. The molecule has 29 heavy (non-hydrogen) atoms. The van der Waals surface area contributed by atoms with Crippen LogP contribution in [0.4, 0.5) is 0 Å². The summed E-state index contributed by atoms with van der Waals surface area (Å²) in [7, 11) is -1.91. The predicted molar refractivity (Wildman–Crippen MR) is 128 cm³/mol. The summed E-state index contributed by atoms with van der Waals surface area (Å²) in [5.41, 5.74) is 2.16. The van der Waals surface area contributed by atoms with Gasteiger partial charge in [-0.05, 0) is 44.5 Å². The lowest BCUT2D eigenvalue weighted by molar-refractivity contribution is 0.555. The Bertz CT molecular complexity index is 917. The van der Waals surface area contributed by atoms with Crippen LogP contribution in [0.3, 0.4) is 0 Å². The average Bonchev–Trinajstić information content (AvgIpc) is 2.97. The number of aromatic nitrogens is 2. The molecule has 0 spiro atoms. The van der Waals surface area contributed by atoms with Gasteiger partial charge < -0.3 is 10.6 Å². The molecule has 0 amide bonds. The molecule has 3 N–H and O–H groups in total. The summed E-state index contributed by atoms with van der Waals surface area (Å²) in [5, 5.41) is 11.1. The number of hydrogen-bond acceptors (Lipinski definition) is 4. The summed E-state index contributed by atoms with van der Waals surface area (Å²) in [6, 6.07) is 8.21. The largest absolute Gasteiger partial charge is 0.356 e. The Morgan fingerprint density at radius 1 is 1.17 bits per heavy atom. The van der Waals surface area contributed by atoms with E-state index in [-0.39, 0.29) is 35.4 Å². The molecule has 0 saturated heterocycles. The molecular formula is C18H28ClIN6O2S. The van der Waals surface area contributed by atoms with E-state index in [1.165, 1.54) is 12.1 Å². The molecule has 1 aromatic carbocycles. The second kappa shape index (κ2) is 12.4. The highest BCUT2D eigenvalue weighted by atomic mass is 127. The van der Waals surface area contributed by atoms with Crippen molar-refractivity contribution in [1.29, 1.82) is 0 Å². The molecule has 0 unspecified atom stereocenters. The molecular weight excluding hydrogens is 527 g/mol. The van der Waals surface area contributed by atoms with Gasteiger partial charge in [0, 0.05) is 43.9 Å². The molecule has 0 aliphatic heterocycles. The fourth-order valence-electron chi connectivity index (χ4n) is 2.64. The maximum absolute atomic E-state index is 12.2. The molecule has 8 nitrogen and oxygen atoms in total. The molecule has 162 valence electrons. The molecule has 0 fully saturated rings. The first-order valence-corrected chi connectivity index (χ1v) is 10.9. The van der Waals surface area contributed by atoms with Crippen molar-refractivity contribution in [3.63, 3.8) is 0 Å². The van der Waals surface area contributed by atoms with E-state index in [2.05, 4.69) is 31.5 Å². The summed E-state index contributed by atoms with van der Waals surface area (Å²) >= 11 is 5.85. The quantitative estimate of drug-likeness (QED) is 0.191. The van der Waals surface area contributed by atoms with Crippen molar-refractivity contribution in [1.82, 2.24) is 25.1 Å². The van der Waals surface area contributed by atoms with E-state index in [1.807, 2.05) is 18.5 Å². The molecule has 2 aromatic rings. The minimum atomic E-state index is -3.59. The van der Waals surface area contributed by atoms with Gasteiger partial charge in [0.25, 0.3) is 0 Å². The first-order valence-electron chi connectivity index (χ1n) is 9.02. The number of aryl methyl sites for hydroxylation is 3. The van der Waals surface area contributed by atoms with Crippen LogP contribution < -0.4 is 15.4 Å². The third-order valence-electron chi connectivity index (χ3n) is 3.98. The highest BCUT2D eigenvalue weighted by molar-refractivity contribution is 14.0. The van der Waals surface area contributed by atoms with E-state index in [4.69, 9.17) is 11.6 Å². The number of sulfonamides is 1. The molecule has 0 aliphatic carbocycles. The van der Waals surface area contributed by atoms with Crippen LogP contribution in [0.2, 0.25) is 5.02 Å². The fourth-order valence-corrected chi connectivity index (χ4v) is 3.97. The Morgan fingerprint density at radius 3 is 2.52 bits per heavy atom. The van der Waals surface area contributed by atoms with Crippen LogP contribution in [0.25, 0.3) is 0 Å². The number of nitrogens with zero attached hydrogens (tertiary/aromatic N) is 3. The van der Waals surface area contributed by atoms with Gasteiger partial charge in [-0.1, -0.05) is 17.7 Å². The van der Waals surface area contributed by atoms with Gasteiger partial charge in [-0.25, -0.2) is 13.1 Å². The van der Waals surface area contributed by atoms with Gasteiger partial charge in [-0.15, -0.1) is 24.0 Å². The highest BCUT2D eigenvalue weighted by Gasteiger charge is 2.13. The van der Waals surface area contributed by atoms with E-state index in [9.17, 15) is 8.42 Å². The van der Waals surface area contributed by atoms with E-state index in [1.54, 1.807) is 19.2 Å². The lowest BCUT2D eigenvalue weighted by Gasteiger charge is -2.13. The van der Waals surface area contributed by atoms with Crippen LogP contribution in [-0.2, 0) is 16.6 Å². The lowest BCUT2D eigenvalue weighted by Crippen LogP contribution is -2.42. The van der Waals surface area contributed by atoms with Gasteiger partial charge in [0.15, 0.2) is 5.96 Å². The molecule has 1 heterocycles. The van der Waals surface area contributed by atoms with Crippen LogP contribution in [0, 0.1) is 13.8 Å². The van der Waals surface area contributed by atoms with Gasteiger partial charge >= 0.3 is 0 Å². The summed E-state index contributed by atoms with van der Waals surface area (Å²) < 4.78 is 29.0. The standard InChI is InChI=1S/C18H27ClN6O2S.HI/c1-14-12-15(2)25(24-14)11-5-8-21-18(20-3)22-9-10-23-28(26,27)17-7-4-6-16(19)13-17;/h4,6-7,12-13,23H,5,8-11H2,1-3H3,(H2,20,21,22);1H. The second-order valence-corrected chi connectivity index (χ2v) is 8.49. The van der Waals surface area contributed by atoms with Gasteiger partial charge in [0.05, 0.1) is 10.6 Å². The third kappa shape index (κ3) is 8.49. The van der Waals surface area contributed by atoms with Crippen molar-refractivity contribution in [2.45, 2.75) is 31.7 Å². The molecule has 0 saturated carbocycles. The number of guanidine groups is 1. The average molecular weight is 555 g/mol. The Labute approximate surface area is 194 Å². The van der Waals surface area contributed by atoms with Crippen LogP contribution in [0.5, 0.6) is 0 Å². The maximum Gasteiger partial charge on any atom is 0.240 e. The van der Waals surface area contributed by atoms with Gasteiger partial charge in [0.1, 0.15) is 0 Å². The molecule has 11 heteroatoms. The molecule has 1 aromatic heterocycles. The van der Waals surface area contributed by atoms with Crippen LogP contribution in [-0.4, -0.2) is 50.8 Å². The molecule has 0 bridgehead atoms. The number of nitrogens with one attached hydrogen (secondary N) is 3. The van der Waals surface area contributed by atoms with Gasteiger partial charge in [0.2, 0.25) is 10.0 Å². The Hall–Kier alpha value is -1.37. The van der Waals surface area contributed by atoms with Crippen molar-refractivity contribution < 1.29 is 8.42 Å². The third-order valence-corrected chi connectivity index (χ3v) is 5.68. The van der Waals surface area contributed by atoms with E-state index < -0.39 is 10.0 Å². The first-order chi connectivity index (χ1) is 13.3. The first kappa shape index (κ1) is 25.7. The molecule has 0 radical (unpaired) electrons.